The second kappa shape index (κ2) is 3.35. The molecular formula is C9H17NO. The Morgan fingerprint density at radius 3 is 2.55 bits per heavy atom. The van der Waals surface area contributed by atoms with Crippen LogP contribution in [0.2, 0.25) is 0 Å². The number of carbonyl (C=O) groups is 1. The first-order valence-electron chi connectivity index (χ1n) is 4.37. The van der Waals surface area contributed by atoms with Crippen molar-refractivity contribution in [1.82, 2.24) is 0 Å². The Kier molecular flexibility index (Phi) is 2.66. The Hall–Kier alpha value is -0.370. The molecule has 0 aromatic rings. The largest absolute Gasteiger partial charge is 0.321 e. The van der Waals surface area contributed by atoms with Gasteiger partial charge in [-0.2, -0.15) is 0 Å². The number of rotatable bonds is 4. The third-order valence-corrected chi connectivity index (χ3v) is 2.48. The van der Waals surface area contributed by atoms with Crippen LogP contribution in [0.5, 0.6) is 0 Å². The maximum Gasteiger partial charge on any atom is 0.146 e. The molecule has 11 heavy (non-hydrogen) atoms. The summed E-state index contributed by atoms with van der Waals surface area (Å²) in [6.45, 7) is 3.65. The van der Waals surface area contributed by atoms with Crippen molar-refractivity contribution < 1.29 is 4.79 Å². The molecule has 2 atom stereocenters. The van der Waals surface area contributed by atoms with E-state index < -0.39 is 0 Å². The lowest BCUT2D eigenvalue weighted by Gasteiger charge is -2.16. The molecule has 2 nitrogen and oxygen atoms in total. The summed E-state index contributed by atoms with van der Waals surface area (Å²) >= 11 is 0. The molecule has 0 radical (unpaired) electrons. The van der Waals surface area contributed by atoms with Crippen LogP contribution >= 0.6 is 0 Å². The van der Waals surface area contributed by atoms with Gasteiger partial charge >= 0.3 is 0 Å². The van der Waals surface area contributed by atoms with Gasteiger partial charge < -0.3 is 5.73 Å². The molecule has 1 aliphatic carbocycles. The molecule has 0 heterocycles. The van der Waals surface area contributed by atoms with E-state index in [9.17, 15) is 4.79 Å². The van der Waals surface area contributed by atoms with Gasteiger partial charge in [-0.05, 0) is 25.2 Å². The minimum absolute atomic E-state index is 0.123. The van der Waals surface area contributed by atoms with Crippen LogP contribution < -0.4 is 5.73 Å². The molecule has 0 spiro atoms. The average Bonchev–Trinajstić information content (AvgIpc) is 2.69. The first kappa shape index (κ1) is 8.72. The lowest BCUT2D eigenvalue weighted by atomic mass is 9.94. The molecule has 2 N–H and O–H groups in total. The van der Waals surface area contributed by atoms with Gasteiger partial charge in [-0.15, -0.1) is 0 Å². The van der Waals surface area contributed by atoms with Crippen LogP contribution in [0.4, 0.5) is 0 Å². The quantitative estimate of drug-likeness (QED) is 0.665. The van der Waals surface area contributed by atoms with Crippen molar-refractivity contribution in [2.75, 3.05) is 0 Å². The maximum absolute atomic E-state index is 10.9. The summed E-state index contributed by atoms with van der Waals surface area (Å²) in [7, 11) is 0. The lowest BCUT2D eigenvalue weighted by Crippen LogP contribution is -2.35. The molecule has 64 valence electrons. The molecule has 2 unspecified atom stereocenters. The van der Waals surface area contributed by atoms with Gasteiger partial charge in [0.05, 0.1) is 6.04 Å². The molecule has 0 saturated heterocycles. The molecule has 0 aromatic carbocycles. The fourth-order valence-corrected chi connectivity index (χ4v) is 1.43. The first-order chi connectivity index (χ1) is 5.11. The molecule has 0 aromatic heterocycles. The second-order valence-corrected chi connectivity index (χ2v) is 3.79. The molecule has 1 rings (SSSR count). The number of hydrogen-bond donors (Lipinski definition) is 1. The Morgan fingerprint density at radius 1 is 1.64 bits per heavy atom. The molecule has 1 saturated carbocycles. The topological polar surface area (TPSA) is 43.1 Å². The highest BCUT2D eigenvalue weighted by Crippen LogP contribution is 2.35. The highest BCUT2D eigenvalue weighted by atomic mass is 16.1. The third kappa shape index (κ3) is 2.62. The summed E-state index contributed by atoms with van der Waals surface area (Å²) in [5.41, 5.74) is 5.69. The van der Waals surface area contributed by atoms with E-state index in [1.807, 2.05) is 0 Å². The van der Waals surface area contributed by atoms with E-state index in [-0.39, 0.29) is 11.8 Å². The van der Waals surface area contributed by atoms with Crippen LogP contribution in [0.3, 0.4) is 0 Å². The van der Waals surface area contributed by atoms with Gasteiger partial charge in [-0.1, -0.05) is 19.8 Å². The standard InChI is InChI=1S/C9H17NO/c1-6(5-8-3-4-8)9(10)7(2)11/h6,8-9H,3-5,10H2,1-2H3. The van der Waals surface area contributed by atoms with Crippen LogP contribution in [0.25, 0.3) is 0 Å². The van der Waals surface area contributed by atoms with Gasteiger partial charge in [-0.3, -0.25) is 4.79 Å². The van der Waals surface area contributed by atoms with E-state index in [2.05, 4.69) is 6.92 Å². The van der Waals surface area contributed by atoms with Gasteiger partial charge in [-0.25, -0.2) is 0 Å². The smallest absolute Gasteiger partial charge is 0.146 e. The van der Waals surface area contributed by atoms with E-state index in [4.69, 9.17) is 5.73 Å². The van der Waals surface area contributed by atoms with E-state index in [0.29, 0.717) is 5.92 Å². The summed E-state index contributed by atoms with van der Waals surface area (Å²) < 4.78 is 0. The zero-order valence-corrected chi connectivity index (χ0v) is 7.34. The Morgan fingerprint density at radius 2 is 2.18 bits per heavy atom. The summed E-state index contributed by atoms with van der Waals surface area (Å²) in [6.07, 6.45) is 3.82. The normalized spacial score (nSPS) is 22.8. The van der Waals surface area contributed by atoms with E-state index in [1.165, 1.54) is 12.8 Å². The fourth-order valence-electron chi connectivity index (χ4n) is 1.43. The molecule has 1 fully saturated rings. The Labute approximate surface area is 68.2 Å². The number of Topliss-reactive ketones (excluding diaryl/α,β-unsaturated/α-hetero) is 1. The zero-order valence-electron chi connectivity index (χ0n) is 7.34. The minimum Gasteiger partial charge on any atom is -0.321 e. The fraction of sp³-hybridized carbons (Fsp3) is 0.889. The maximum atomic E-state index is 10.9. The van der Waals surface area contributed by atoms with Crippen molar-refractivity contribution in [3.8, 4) is 0 Å². The monoisotopic (exact) mass is 155 g/mol. The number of ketones is 1. The highest BCUT2D eigenvalue weighted by Gasteiger charge is 2.27. The van der Waals surface area contributed by atoms with Gasteiger partial charge in [0, 0.05) is 0 Å². The summed E-state index contributed by atoms with van der Waals surface area (Å²) in [5.74, 6) is 1.37. The van der Waals surface area contributed by atoms with Crippen molar-refractivity contribution in [2.45, 2.75) is 39.2 Å². The second-order valence-electron chi connectivity index (χ2n) is 3.79. The number of nitrogens with two attached hydrogens (primary N) is 1. The number of hydrogen-bond acceptors (Lipinski definition) is 2. The van der Waals surface area contributed by atoms with Crippen LogP contribution in [-0.4, -0.2) is 11.8 Å². The molecule has 0 amide bonds. The molecule has 1 aliphatic rings. The van der Waals surface area contributed by atoms with Crippen LogP contribution in [-0.2, 0) is 4.79 Å². The summed E-state index contributed by atoms with van der Waals surface area (Å²) in [6, 6.07) is -0.226. The predicted molar refractivity (Wildman–Crippen MR) is 45.2 cm³/mol. The summed E-state index contributed by atoms with van der Waals surface area (Å²) in [4.78, 5) is 10.9. The van der Waals surface area contributed by atoms with Crippen molar-refractivity contribution in [3.63, 3.8) is 0 Å². The molecular weight excluding hydrogens is 138 g/mol. The van der Waals surface area contributed by atoms with Crippen molar-refractivity contribution >= 4 is 5.78 Å². The predicted octanol–water partition coefficient (Wildman–Crippen LogP) is 1.34. The van der Waals surface area contributed by atoms with Crippen molar-refractivity contribution in [3.05, 3.63) is 0 Å². The highest BCUT2D eigenvalue weighted by molar-refractivity contribution is 5.81. The van der Waals surface area contributed by atoms with Crippen molar-refractivity contribution in [1.29, 1.82) is 0 Å². The van der Waals surface area contributed by atoms with E-state index >= 15 is 0 Å². The van der Waals surface area contributed by atoms with Crippen molar-refractivity contribution in [2.24, 2.45) is 17.6 Å². The van der Waals surface area contributed by atoms with E-state index in [0.717, 1.165) is 12.3 Å². The van der Waals surface area contributed by atoms with Gasteiger partial charge in [0.2, 0.25) is 0 Å². The molecule has 2 heteroatoms. The van der Waals surface area contributed by atoms with Crippen LogP contribution in [0.1, 0.15) is 33.1 Å². The average molecular weight is 155 g/mol. The third-order valence-electron chi connectivity index (χ3n) is 2.48. The summed E-state index contributed by atoms with van der Waals surface area (Å²) in [5, 5.41) is 0. The van der Waals surface area contributed by atoms with E-state index in [1.54, 1.807) is 6.92 Å². The van der Waals surface area contributed by atoms with Gasteiger partial charge in [0.15, 0.2) is 0 Å². The van der Waals surface area contributed by atoms with Gasteiger partial charge in [0.1, 0.15) is 5.78 Å². The SMILES string of the molecule is CC(=O)C(N)C(C)CC1CC1. The van der Waals surface area contributed by atoms with Gasteiger partial charge in [0.25, 0.3) is 0 Å². The molecule has 0 aliphatic heterocycles. The Bertz CT molecular complexity index is 152. The molecule has 0 bridgehead atoms. The number of carbonyl (C=O) groups excluding carboxylic acids is 1. The Balaban J connectivity index is 2.26. The first-order valence-corrected chi connectivity index (χ1v) is 4.37. The van der Waals surface area contributed by atoms with Crippen LogP contribution in [0, 0.1) is 11.8 Å². The lowest BCUT2D eigenvalue weighted by molar-refractivity contribution is -0.119. The minimum atomic E-state index is -0.226. The van der Waals surface area contributed by atoms with Crippen LogP contribution in [0.15, 0.2) is 0 Å². The zero-order chi connectivity index (χ0) is 8.43.